The molecular weight excluding hydrogens is 460 g/mol. The number of cyclic esters (lactones) is 1. The Morgan fingerprint density at radius 1 is 1.12 bits per heavy atom. The number of hydrogen-bond acceptors (Lipinski definition) is 6. The van der Waals surface area contributed by atoms with Crippen molar-refractivity contribution < 1.29 is 32.1 Å². The van der Waals surface area contributed by atoms with Crippen molar-refractivity contribution >= 4 is 28.0 Å². The summed E-state index contributed by atoms with van der Waals surface area (Å²) in [7, 11) is -4.21. The first-order valence-corrected chi connectivity index (χ1v) is 12.1. The Morgan fingerprint density at radius 2 is 1.88 bits per heavy atom. The fourth-order valence-corrected chi connectivity index (χ4v) is 4.38. The van der Waals surface area contributed by atoms with Gasteiger partial charge in [-0.2, -0.15) is 8.42 Å². The van der Waals surface area contributed by atoms with Gasteiger partial charge in [0.2, 0.25) is 11.8 Å². The van der Waals surface area contributed by atoms with Gasteiger partial charge < -0.3 is 4.74 Å². The number of rotatable bonds is 5. The summed E-state index contributed by atoms with van der Waals surface area (Å²) in [5, 5.41) is 2.26. The van der Waals surface area contributed by atoms with Crippen LogP contribution in [0.3, 0.4) is 0 Å². The van der Waals surface area contributed by atoms with Gasteiger partial charge in [-0.15, -0.1) is 0 Å². The highest BCUT2D eigenvalue weighted by molar-refractivity contribution is 7.85. The fraction of sp³-hybridized carbons (Fsp3) is 0.292. The highest BCUT2D eigenvalue weighted by atomic mass is 32.2. The zero-order valence-electron chi connectivity index (χ0n) is 18.1. The van der Waals surface area contributed by atoms with Gasteiger partial charge >= 0.3 is 6.09 Å². The van der Waals surface area contributed by atoms with E-state index in [2.05, 4.69) is 17.2 Å². The molecule has 34 heavy (non-hydrogen) atoms. The maximum Gasteiger partial charge on any atom is 0.411 e. The van der Waals surface area contributed by atoms with Gasteiger partial charge in [0, 0.05) is 18.4 Å². The summed E-state index contributed by atoms with van der Waals surface area (Å²) in [6, 6.07) is 12.6. The van der Waals surface area contributed by atoms with Crippen LogP contribution in [-0.2, 0) is 30.9 Å². The molecule has 0 spiro atoms. The van der Waals surface area contributed by atoms with Crippen LogP contribution >= 0.6 is 0 Å². The van der Waals surface area contributed by atoms with Gasteiger partial charge in [-0.3, -0.25) is 24.4 Å². The van der Waals surface area contributed by atoms with Crippen LogP contribution in [0.4, 0.5) is 4.79 Å². The number of imide groups is 1. The first kappa shape index (κ1) is 23.5. The quantitative estimate of drug-likeness (QED) is 0.380. The standard InChI is InChI=1S/C24H22N2O7S/c27-22-13-12-20(23(28)25-22)26-15-21(33-24(26)29)18-7-3-6-17(14-18)5-2-1-4-16-8-10-19(11-9-16)34(30,31)32/h3,6-11,14,20-21H,1,4,12-13,15H2,(H,25,27,28)(H,30,31,32)/t20?,21-/m1/s1. The van der Waals surface area contributed by atoms with E-state index >= 15 is 0 Å². The number of benzene rings is 2. The number of nitrogens with one attached hydrogen (secondary N) is 1. The molecule has 4 rings (SSSR count). The van der Waals surface area contributed by atoms with E-state index in [-0.39, 0.29) is 30.2 Å². The molecule has 0 aliphatic carbocycles. The minimum atomic E-state index is -4.21. The number of amides is 3. The van der Waals surface area contributed by atoms with Gasteiger partial charge in [-0.05, 0) is 48.2 Å². The maximum atomic E-state index is 12.4. The smallest absolute Gasteiger partial charge is 0.411 e. The normalized spacial score (nSPS) is 20.4. The summed E-state index contributed by atoms with van der Waals surface area (Å²) >= 11 is 0. The van der Waals surface area contributed by atoms with Crippen LogP contribution in [0.2, 0.25) is 0 Å². The molecule has 2 aromatic rings. The van der Waals surface area contributed by atoms with Crippen molar-refractivity contribution in [3.8, 4) is 11.8 Å². The van der Waals surface area contributed by atoms with Crippen molar-refractivity contribution in [1.82, 2.24) is 10.2 Å². The van der Waals surface area contributed by atoms with Crippen molar-refractivity contribution in [2.24, 2.45) is 0 Å². The molecule has 2 aliphatic heterocycles. The Kier molecular flexibility index (Phi) is 6.68. The molecule has 0 bridgehead atoms. The van der Waals surface area contributed by atoms with Crippen LogP contribution in [0.5, 0.6) is 0 Å². The highest BCUT2D eigenvalue weighted by Crippen LogP contribution is 2.29. The minimum Gasteiger partial charge on any atom is -0.439 e. The van der Waals surface area contributed by atoms with Gasteiger partial charge in [0.1, 0.15) is 12.1 Å². The van der Waals surface area contributed by atoms with Crippen molar-refractivity contribution in [1.29, 1.82) is 0 Å². The second-order valence-corrected chi connectivity index (χ2v) is 9.46. The summed E-state index contributed by atoms with van der Waals surface area (Å²) in [6.45, 7) is 0.210. The predicted molar refractivity (Wildman–Crippen MR) is 120 cm³/mol. The molecule has 176 valence electrons. The second kappa shape index (κ2) is 9.67. The molecule has 2 aliphatic rings. The zero-order valence-corrected chi connectivity index (χ0v) is 18.9. The van der Waals surface area contributed by atoms with Crippen molar-refractivity contribution in [2.75, 3.05) is 6.54 Å². The monoisotopic (exact) mass is 482 g/mol. The summed E-state index contributed by atoms with van der Waals surface area (Å²) in [6.07, 6.45) is 0.477. The van der Waals surface area contributed by atoms with Crippen LogP contribution in [0, 0.1) is 11.8 Å². The van der Waals surface area contributed by atoms with Gasteiger partial charge in [0.05, 0.1) is 11.4 Å². The third-order valence-corrected chi connectivity index (χ3v) is 6.55. The van der Waals surface area contributed by atoms with E-state index in [4.69, 9.17) is 9.29 Å². The molecule has 1 unspecified atom stereocenters. The molecule has 2 atom stereocenters. The number of piperidine rings is 1. The Labute approximate surface area is 196 Å². The van der Waals surface area contributed by atoms with E-state index in [9.17, 15) is 22.8 Å². The predicted octanol–water partition coefficient (Wildman–Crippen LogP) is 2.22. The number of carbonyl (C=O) groups excluding carboxylic acids is 3. The average Bonchev–Trinajstić information content (AvgIpc) is 3.18. The first-order valence-electron chi connectivity index (χ1n) is 10.7. The summed E-state index contributed by atoms with van der Waals surface area (Å²) in [4.78, 5) is 37.0. The van der Waals surface area contributed by atoms with Crippen molar-refractivity contribution in [2.45, 2.75) is 42.7 Å². The van der Waals surface area contributed by atoms with Crippen molar-refractivity contribution in [3.63, 3.8) is 0 Å². The van der Waals surface area contributed by atoms with Gasteiger partial charge in [0.15, 0.2) is 0 Å². The lowest BCUT2D eigenvalue weighted by atomic mass is 10.0. The maximum absolute atomic E-state index is 12.4. The van der Waals surface area contributed by atoms with E-state index in [1.54, 1.807) is 12.1 Å². The van der Waals surface area contributed by atoms with Crippen LogP contribution in [-0.4, -0.2) is 48.4 Å². The molecule has 2 aromatic carbocycles. The molecule has 10 heteroatoms. The van der Waals surface area contributed by atoms with E-state index in [0.717, 1.165) is 16.7 Å². The molecular formula is C24H22N2O7S. The van der Waals surface area contributed by atoms with Gasteiger partial charge in [0.25, 0.3) is 10.1 Å². The molecule has 2 N–H and O–H groups in total. The first-order chi connectivity index (χ1) is 16.2. The van der Waals surface area contributed by atoms with Gasteiger partial charge in [-0.25, -0.2) is 4.79 Å². The third-order valence-electron chi connectivity index (χ3n) is 5.68. The molecule has 3 amide bonds. The number of aryl methyl sites for hydroxylation is 1. The lowest BCUT2D eigenvalue weighted by molar-refractivity contribution is -0.136. The zero-order chi connectivity index (χ0) is 24.3. The second-order valence-electron chi connectivity index (χ2n) is 8.04. The SMILES string of the molecule is O=C1CCC(N2C[C@H](c3cccc(C#CCCc4ccc(S(=O)(=O)O)cc4)c3)OC2=O)C(=O)N1. The van der Waals surface area contributed by atoms with E-state index in [0.29, 0.717) is 12.8 Å². The van der Waals surface area contributed by atoms with Gasteiger partial charge in [-0.1, -0.05) is 36.1 Å². The van der Waals surface area contributed by atoms with E-state index in [1.165, 1.54) is 17.0 Å². The lowest BCUT2D eigenvalue weighted by Crippen LogP contribution is -2.52. The third kappa shape index (κ3) is 5.44. The van der Waals surface area contributed by atoms with E-state index in [1.807, 2.05) is 24.3 Å². The largest absolute Gasteiger partial charge is 0.439 e. The highest BCUT2D eigenvalue weighted by Gasteiger charge is 2.41. The van der Waals surface area contributed by atoms with Crippen LogP contribution in [0.25, 0.3) is 0 Å². The van der Waals surface area contributed by atoms with Crippen LogP contribution in [0.1, 0.15) is 42.1 Å². The molecule has 2 fully saturated rings. The number of ether oxygens (including phenoxy) is 1. The topological polar surface area (TPSA) is 130 Å². The summed E-state index contributed by atoms with van der Waals surface area (Å²) in [5.41, 5.74) is 2.40. The molecule has 2 saturated heterocycles. The Hall–Kier alpha value is -3.68. The molecule has 0 aromatic heterocycles. The number of carbonyl (C=O) groups is 3. The summed E-state index contributed by atoms with van der Waals surface area (Å²) < 4.78 is 36.7. The molecule has 2 heterocycles. The average molecular weight is 483 g/mol. The Morgan fingerprint density at radius 3 is 2.59 bits per heavy atom. The lowest BCUT2D eigenvalue weighted by Gasteiger charge is -2.27. The molecule has 9 nitrogen and oxygen atoms in total. The van der Waals surface area contributed by atoms with E-state index < -0.39 is 34.3 Å². The van der Waals surface area contributed by atoms with Crippen LogP contribution in [0.15, 0.2) is 53.4 Å². The number of hydrogen-bond donors (Lipinski definition) is 2. The Balaban J connectivity index is 1.36. The van der Waals surface area contributed by atoms with Crippen molar-refractivity contribution in [3.05, 3.63) is 65.2 Å². The molecule has 0 saturated carbocycles. The summed E-state index contributed by atoms with van der Waals surface area (Å²) in [5.74, 6) is 5.32. The minimum absolute atomic E-state index is 0.150. The molecule has 0 radical (unpaired) electrons. The number of nitrogens with zero attached hydrogens (tertiary/aromatic N) is 1. The fourth-order valence-electron chi connectivity index (χ4n) is 3.90. The Bertz CT molecular complexity index is 1290. The van der Waals surface area contributed by atoms with Crippen LogP contribution < -0.4 is 5.32 Å².